The molecule has 1 saturated carbocycles. The Morgan fingerprint density at radius 3 is 2.45 bits per heavy atom. The lowest BCUT2D eigenvalue weighted by molar-refractivity contribution is 0.219. The van der Waals surface area contributed by atoms with Crippen LogP contribution in [0.2, 0.25) is 0 Å². The highest BCUT2D eigenvalue weighted by Gasteiger charge is 2.25. The summed E-state index contributed by atoms with van der Waals surface area (Å²) in [6.07, 6.45) is 6.61. The van der Waals surface area contributed by atoms with Crippen molar-refractivity contribution in [3.63, 3.8) is 0 Å². The standard InChI is InChI=1S/C9H19NO/c1-9(10-7-8-11)5-3-2-4-6-9/h10-11H,2-8H2,1H3. The fourth-order valence-electron chi connectivity index (χ4n) is 1.87. The van der Waals surface area contributed by atoms with Crippen LogP contribution in [0.25, 0.3) is 0 Å². The fraction of sp³-hybridized carbons (Fsp3) is 1.00. The number of β-amino-alcohol motifs (C(OH)–C–C–N with tert-alkyl or cyclic N) is 1. The van der Waals surface area contributed by atoms with Gasteiger partial charge in [-0.2, -0.15) is 0 Å². The minimum atomic E-state index is 0.260. The van der Waals surface area contributed by atoms with E-state index >= 15 is 0 Å². The van der Waals surface area contributed by atoms with Crippen molar-refractivity contribution in [2.45, 2.75) is 44.6 Å². The average Bonchev–Trinajstić information content (AvgIpc) is 2.03. The second-order valence-electron chi connectivity index (χ2n) is 3.77. The summed E-state index contributed by atoms with van der Waals surface area (Å²) < 4.78 is 0. The molecule has 0 aliphatic heterocycles. The van der Waals surface area contributed by atoms with Crippen molar-refractivity contribution in [3.8, 4) is 0 Å². The maximum absolute atomic E-state index is 8.65. The Morgan fingerprint density at radius 1 is 1.27 bits per heavy atom. The maximum atomic E-state index is 8.65. The predicted octanol–water partition coefficient (Wildman–Crippen LogP) is 1.29. The van der Waals surface area contributed by atoms with E-state index in [0.717, 1.165) is 6.54 Å². The van der Waals surface area contributed by atoms with Crippen molar-refractivity contribution in [1.29, 1.82) is 0 Å². The molecule has 0 radical (unpaired) electrons. The summed E-state index contributed by atoms with van der Waals surface area (Å²) in [7, 11) is 0. The second-order valence-corrected chi connectivity index (χ2v) is 3.77. The van der Waals surface area contributed by atoms with Gasteiger partial charge >= 0.3 is 0 Å². The molecule has 1 aliphatic rings. The molecule has 0 unspecified atom stereocenters. The van der Waals surface area contributed by atoms with Gasteiger partial charge in [0.15, 0.2) is 0 Å². The molecule has 0 heterocycles. The Hall–Kier alpha value is -0.0800. The van der Waals surface area contributed by atoms with Crippen molar-refractivity contribution < 1.29 is 5.11 Å². The van der Waals surface area contributed by atoms with E-state index in [1.165, 1.54) is 32.1 Å². The highest BCUT2D eigenvalue weighted by atomic mass is 16.3. The zero-order chi connectivity index (χ0) is 8.16. The average molecular weight is 157 g/mol. The number of hydrogen-bond acceptors (Lipinski definition) is 2. The predicted molar refractivity (Wildman–Crippen MR) is 46.6 cm³/mol. The van der Waals surface area contributed by atoms with Crippen LogP contribution in [0.15, 0.2) is 0 Å². The third-order valence-electron chi connectivity index (χ3n) is 2.62. The van der Waals surface area contributed by atoms with Gasteiger partial charge in [-0.3, -0.25) is 0 Å². The molecule has 0 spiro atoms. The smallest absolute Gasteiger partial charge is 0.0556 e. The molecule has 0 bridgehead atoms. The number of rotatable bonds is 3. The Morgan fingerprint density at radius 2 is 1.91 bits per heavy atom. The summed E-state index contributed by atoms with van der Waals surface area (Å²) in [4.78, 5) is 0. The summed E-state index contributed by atoms with van der Waals surface area (Å²) >= 11 is 0. The van der Waals surface area contributed by atoms with Crippen molar-refractivity contribution >= 4 is 0 Å². The van der Waals surface area contributed by atoms with E-state index in [1.54, 1.807) is 0 Å². The largest absolute Gasteiger partial charge is 0.395 e. The molecule has 0 aromatic carbocycles. The van der Waals surface area contributed by atoms with E-state index in [0.29, 0.717) is 5.54 Å². The minimum absolute atomic E-state index is 0.260. The van der Waals surface area contributed by atoms with Crippen LogP contribution < -0.4 is 5.32 Å². The summed E-state index contributed by atoms with van der Waals surface area (Å²) in [6, 6.07) is 0. The van der Waals surface area contributed by atoms with E-state index in [9.17, 15) is 0 Å². The zero-order valence-corrected chi connectivity index (χ0v) is 7.40. The molecule has 1 aliphatic carbocycles. The normalized spacial score (nSPS) is 23.5. The summed E-state index contributed by atoms with van der Waals surface area (Å²) in [5.41, 5.74) is 0.320. The van der Waals surface area contributed by atoms with Gasteiger partial charge in [0.2, 0.25) is 0 Å². The summed E-state index contributed by atoms with van der Waals surface area (Å²) in [5, 5.41) is 12.0. The van der Waals surface area contributed by atoms with Gasteiger partial charge in [0, 0.05) is 12.1 Å². The van der Waals surface area contributed by atoms with E-state index in [-0.39, 0.29) is 6.61 Å². The molecule has 1 rings (SSSR count). The molecule has 0 saturated heterocycles. The highest BCUT2D eigenvalue weighted by molar-refractivity contribution is 4.85. The first-order valence-electron chi connectivity index (χ1n) is 4.63. The molecule has 2 nitrogen and oxygen atoms in total. The first kappa shape index (κ1) is 9.01. The molecule has 0 amide bonds. The molecule has 2 N–H and O–H groups in total. The molecule has 2 heteroatoms. The highest BCUT2D eigenvalue weighted by Crippen LogP contribution is 2.26. The molecule has 0 aromatic heterocycles. The van der Waals surface area contributed by atoms with Crippen molar-refractivity contribution in [2.75, 3.05) is 13.2 Å². The Bertz CT molecular complexity index is 108. The van der Waals surface area contributed by atoms with Gasteiger partial charge in [-0.25, -0.2) is 0 Å². The van der Waals surface area contributed by atoms with Crippen LogP contribution in [0.5, 0.6) is 0 Å². The van der Waals surface area contributed by atoms with E-state index in [4.69, 9.17) is 5.11 Å². The monoisotopic (exact) mass is 157 g/mol. The van der Waals surface area contributed by atoms with E-state index in [2.05, 4.69) is 12.2 Å². The van der Waals surface area contributed by atoms with Crippen molar-refractivity contribution in [3.05, 3.63) is 0 Å². The minimum Gasteiger partial charge on any atom is -0.395 e. The van der Waals surface area contributed by atoms with Gasteiger partial charge in [0.25, 0.3) is 0 Å². The molecule has 11 heavy (non-hydrogen) atoms. The van der Waals surface area contributed by atoms with Crippen LogP contribution in [0.3, 0.4) is 0 Å². The van der Waals surface area contributed by atoms with Gasteiger partial charge in [-0.05, 0) is 19.8 Å². The Balaban J connectivity index is 2.25. The zero-order valence-electron chi connectivity index (χ0n) is 7.40. The van der Waals surface area contributed by atoms with Crippen LogP contribution >= 0.6 is 0 Å². The number of aliphatic hydroxyl groups excluding tert-OH is 1. The second kappa shape index (κ2) is 4.07. The summed E-state index contributed by atoms with van der Waals surface area (Å²) in [5.74, 6) is 0. The van der Waals surface area contributed by atoms with E-state index < -0.39 is 0 Å². The Labute approximate surface area is 69.0 Å². The SMILES string of the molecule is CC1(NCCO)CCCCC1. The lowest BCUT2D eigenvalue weighted by Gasteiger charge is -2.34. The van der Waals surface area contributed by atoms with Crippen LogP contribution in [-0.2, 0) is 0 Å². The first-order valence-corrected chi connectivity index (χ1v) is 4.63. The maximum Gasteiger partial charge on any atom is 0.0556 e. The summed E-state index contributed by atoms with van der Waals surface area (Å²) in [6.45, 7) is 3.27. The number of aliphatic hydroxyl groups is 1. The molecule has 66 valence electrons. The van der Waals surface area contributed by atoms with Gasteiger partial charge < -0.3 is 10.4 Å². The molecule has 1 fully saturated rings. The van der Waals surface area contributed by atoms with Gasteiger partial charge in [-0.15, -0.1) is 0 Å². The van der Waals surface area contributed by atoms with Crippen LogP contribution in [-0.4, -0.2) is 23.8 Å². The number of nitrogens with one attached hydrogen (secondary N) is 1. The van der Waals surface area contributed by atoms with Crippen molar-refractivity contribution in [2.24, 2.45) is 0 Å². The topological polar surface area (TPSA) is 32.3 Å². The molecular weight excluding hydrogens is 138 g/mol. The van der Waals surface area contributed by atoms with Crippen molar-refractivity contribution in [1.82, 2.24) is 5.32 Å². The quantitative estimate of drug-likeness (QED) is 0.647. The van der Waals surface area contributed by atoms with Gasteiger partial charge in [0.05, 0.1) is 6.61 Å². The van der Waals surface area contributed by atoms with E-state index in [1.807, 2.05) is 0 Å². The number of hydrogen-bond donors (Lipinski definition) is 2. The lowest BCUT2D eigenvalue weighted by Crippen LogP contribution is -2.45. The first-order chi connectivity index (χ1) is 5.27. The van der Waals surface area contributed by atoms with Gasteiger partial charge in [-0.1, -0.05) is 19.3 Å². The van der Waals surface area contributed by atoms with Crippen LogP contribution in [0.1, 0.15) is 39.0 Å². The van der Waals surface area contributed by atoms with Crippen LogP contribution in [0, 0.1) is 0 Å². The molecular formula is C9H19NO. The van der Waals surface area contributed by atoms with Crippen LogP contribution in [0.4, 0.5) is 0 Å². The molecule has 0 atom stereocenters. The lowest BCUT2D eigenvalue weighted by atomic mass is 9.83. The third-order valence-corrected chi connectivity index (χ3v) is 2.62. The fourth-order valence-corrected chi connectivity index (χ4v) is 1.87. The third kappa shape index (κ3) is 2.80. The molecule has 0 aromatic rings. The Kier molecular flexibility index (Phi) is 3.34. The van der Waals surface area contributed by atoms with Gasteiger partial charge in [0.1, 0.15) is 0 Å².